The average molecular weight is 424 g/mol. The Labute approximate surface area is 179 Å². The predicted molar refractivity (Wildman–Crippen MR) is 115 cm³/mol. The highest BCUT2D eigenvalue weighted by Crippen LogP contribution is 2.14. The van der Waals surface area contributed by atoms with Crippen molar-refractivity contribution in [1.82, 2.24) is 30.3 Å². The van der Waals surface area contributed by atoms with Gasteiger partial charge in [-0.3, -0.25) is 4.68 Å². The Balaban J connectivity index is 1.66. The van der Waals surface area contributed by atoms with E-state index in [1.54, 1.807) is 11.0 Å². The van der Waals surface area contributed by atoms with Gasteiger partial charge in [-0.1, -0.05) is 0 Å². The van der Waals surface area contributed by atoms with Gasteiger partial charge in [-0.05, 0) is 47.0 Å². The number of likely N-dealkylation sites (tertiary alicyclic amines) is 1. The third-order valence-corrected chi connectivity index (χ3v) is 4.59. The lowest BCUT2D eigenvalue weighted by Crippen LogP contribution is -2.47. The van der Waals surface area contributed by atoms with Gasteiger partial charge < -0.3 is 25.0 Å². The molecule has 0 atom stereocenters. The summed E-state index contributed by atoms with van der Waals surface area (Å²) in [5.41, 5.74) is -0.475. The number of rotatable bonds is 8. The van der Waals surface area contributed by atoms with Crippen LogP contribution in [0, 0.1) is 0 Å². The van der Waals surface area contributed by atoms with Crippen LogP contribution in [-0.4, -0.2) is 76.2 Å². The Hall–Kier alpha value is -2.36. The summed E-state index contributed by atoms with van der Waals surface area (Å²) in [4.78, 5) is 22.8. The van der Waals surface area contributed by atoms with Crippen molar-refractivity contribution >= 4 is 12.1 Å². The third-order valence-electron chi connectivity index (χ3n) is 4.59. The first-order valence-corrected chi connectivity index (χ1v) is 10.7. The number of nitrogens with one attached hydrogen (secondary N) is 2. The number of amides is 1. The standard InChI is InChI=1S/C20H37N7O3/c1-6-21-18(23-14-17-24-15-25-26(17)5)27-11-8-16(9-12-27)29-13-7-10-22-19(28)30-20(2,3)4/h15-16H,6-14H2,1-5H3,(H,21,23)(H,22,28). The highest BCUT2D eigenvalue weighted by atomic mass is 16.6. The summed E-state index contributed by atoms with van der Waals surface area (Å²) in [5.74, 6) is 1.74. The molecule has 170 valence electrons. The van der Waals surface area contributed by atoms with E-state index in [9.17, 15) is 4.79 Å². The Morgan fingerprint density at radius 1 is 1.30 bits per heavy atom. The second-order valence-electron chi connectivity index (χ2n) is 8.31. The van der Waals surface area contributed by atoms with Gasteiger partial charge in [0.2, 0.25) is 0 Å². The minimum absolute atomic E-state index is 0.240. The van der Waals surface area contributed by atoms with E-state index in [-0.39, 0.29) is 12.2 Å². The fourth-order valence-corrected chi connectivity index (χ4v) is 3.10. The lowest BCUT2D eigenvalue weighted by atomic mass is 10.1. The summed E-state index contributed by atoms with van der Waals surface area (Å²) in [7, 11) is 1.87. The topological polar surface area (TPSA) is 106 Å². The Morgan fingerprint density at radius 2 is 2.03 bits per heavy atom. The molecule has 0 saturated carbocycles. The fraction of sp³-hybridized carbons (Fsp3) is 0.800. The molecular weight excluding hydrogens is 386 g/mol. The summed E-state index contributed by atoms with van der Waals surface area (Å²) in [6.07, 6.45) is 4.07. The Bertz CT molecular complexity index is 676. The number of ether oxygens (including phenoxy) is 2. The SMILES string of the molecule is CCNC(=NCc1ncnn1C)N1CCC(OCCCNC(=O)OC(C)(C)C)CC1. The molecule has 0 bridgehead atoms. The Kier molecular flexibility index (Phi) is 9.35. The van der Waals surface area contributed by atoms with Crippen molar-refractivity contribution in [3.05, 3.63) is 12.2 Å². The van der Waals surface area contributed by atoms with E-state index in [0.29, 0.717) is 19.7 Å². The van der Waals surface area contributed by atoms with Crippen LogP contribution >= 0.6 is 0 Å². The number of hydrogen-bond acceptors (Lipinski definition) is 6. The van der Waals surface area contributed by atoms with E-state index >= 15 is 0 Å². The molecule has 2 N–H and O–H groups in total. The molecule has 0 aliphatic carbocycles. The van der Waals surface area contributed by atoms with E-state index in [2.05, 4.69) is 32.5 Å². The smallest absolute Gasteiger partial charge is 0.407 e. The van der Waals surface area contributed by atoms with Gasteiger partial charge in [-0.2, -0.15) is 5.10 Å². The van der Waals surface area contributed by atoms with Crippen LogP contribution in [-0.2, 0) is 23.1 Å². The molecule has 2 rings (SSSR count). The predicted octanol–water partition coefficient (Wildman–Crippen LogP) is 1.68. The zero-order valence-electron chi connectivity index (χ0n) is 19.0. The van der Waals surface area contributed by atoms with Crippen LogP contribution in [0.4, 0.5) is 4.79 Å². The van der Waals surface area contributed by atoms with Gasteiger partial charge >= 0.3 is 6.09 Å². The monoisotopic (exact) mass is 423 g/mol. The second kappa shape index (κ2) is 11.7. The van der Waals surface area contributed by atoms with E-state index in [0.717, 1.165) is 50.7 Å². The van der Waals surface area contributed by atoms with Crippen molar-refractivity contribution in [3.8, 4) is 0 Å². The molecule has 1 amide bonds. The number of aliphatic imine (C=N–C) groups is 1. The molecule has 1 aromatic rings. The number of guanidine groups is 1. The first kappa shape index (κ1) is 23.9. The molecule has 10 nitrogen and oxygen atoms in total. The quantitative estimate of drug-likeness (QED) is 0.372. The van der Waals surface area contributed by atoms with Crippen LogP contribution < -0.4 is 10.6 Å². The maximum Gasteiger partial charge on any atom is 0.407 e. The zero-order chi connectivity index (χ0) is 22.0. The summed E-state index contributed by atoms with van der Waals surface area (Å²) >= 11 is 0. The molecule has 0 aromatic carbocycles. The van der Waals surface area contributed by atoms with Crippen molar-refractivity contribution in [3.63, 3.8) is 0 Å². The largest absolute Gasteiger partial charge is 0.444 e. The van der Waals surface area contributed by atoms with Gasteiger partial charge in [0.05, 0.1) is 6.10 Å². The fourth-order valence-electron chi connectivity index (χ4n) is 3.10. The maximum absolute atomic E-state index is 11.6. The van der Waals surface area contributed by atoms with Crippen molar-refractivity contribution in [1.29, 1.82) is 0 Å². The van der Waals surface area contributed by atoms with Gasteiger partial charge in [0.25, 0.3) is 0 Å². The first-order valence-electron chi connectivity index (χ1n) is 10.7. The number of carbonyl (C=O) groups excluding carboxylic acids is 1. The zero-order valence-corrected chi connectivity index (χ0v) is 19.0. The van der Waals surface area contributed by atoms with E-state index in [1.807, 2.05) is 27.8 Å². The minimum Gasteiger partial charge on any atom is -0.444 e. The van der Waals surface area contributed by atoms with Crippen LogP contribution in [0.5, 0.6) is 0 Å². The van der Waals surface area contributed by atoms with Crippen LogP contribution in [0.25, 0.3) is 0 Å². The van der Waals surface area contributed by atoms with Gasteiger partial charge in [0.15, 0.2) is 5.96 Å². The molecule has 1 aromatic heterocycles. The van der Waals surface area contributed by atoms with Crippen molar-refractivity contribution < 1.29 is 14.3 Å². The molecule has 1 fully saturated rings. The molecule has 0 spiro atoms. The number of alkyl carbamates (subject to hydrolysis) is 1. The molecule has 1 saturated heterocycles. The lowest BCUT2D eigenvalue weighted by Gasteiger charge is -2.34. The summed E-state index contributed by atoms with van der Waals surface area (Å²) < 4.78 is 12.9. The molecule has 30 heavy (non-hydrogen) atoms. The number of nitrogens with zero attached hydrogens (tertiary/aromatic N) is 5. The third kappa shape index (κ3) is 8.56. The van der Waals surface area contributed by atoms with Gasteiger partial charge in [0.1, 0.15) is 24.3 Å². The molecule has 10 heteroatoms. The number of aryl methyl sites for hydroxylation is 1. The van der Waals surface area contributed by atoms with Crippen LogP contribution in [0.1, 0.15) is 52.8 Å². The molecule has 0 radical (unpaired) electrons. The number of piperidine rings is 1. The minimum atomic E-state index is -0.475. The summed E-state index contributed by atoms with van der Waals surface area (Å²) in [6.45, 7) is 11.9. The van der Waals surface area contributed by atoms with Crippen LogP contribution in [0.15, 0.2) is 11.3 Å². The van der Waals surface area contributed by atoms with Crippen molar-refractivity contribution in [2.75, 3.05) is 32.8 Å². The van der Waals surface area contributed by atoms with Crippen LogP contribution in [0.2, 0.25) is 0 Å². The van der Waals surface area contributed by atoms with Crippen LogP contribution in [0.3, 0.4) is 0 Å². The molecule has 2 heterocycles. The molecule has 0 unspecified atom stereocenters. The van der Waals surface area contributed by atoms with Crippen molar-refractivity contribution in [2.45, 2.75) is 65.2 Å². The second-order valence-corrected chi connectivity index (χ2v) is 8.31. The van der Waals surface area contributed by atoms with E-state index in [1.165, 1.54) is 0 Å². The average Bonchev–Trinajstić information content (AvgIpc) is 3.09. The summed E-state index contributed by atoms with van der Waals surface area (Å²) in [6, 6.07) is 0. The molecule has 1 aliphatic heterocycles. The van der Waals surface area contributed by atoms with E-state index < -0.39 is 5.60 Å². The number of hydrogen-bond donors (Lipinski definition) is 2. The normalized spacial score (nSPS) is 15.9. The molecular formula is C20H37N7O3. The Morgan fingerprint density at radius 3 is 2.63 bits per heavy atom. The number of carbonyl (C=O) groups is 1. The van der Waals surface area contributed by atoms with Gasteiger partial charge in [-0.15, -0.1) is 0 Å². The van der Waals surface area contributed by atoms with Gasteiger partial charge in [0, 0.05) is 39.8 Å². The first-order chi connectivity index (χ1) is 14.3. The van der Waals surface area contributed by atoms with Gasteiger partial charge in [-0.25, -0.2) is 14.8 Å². The number of aromatic nitrogens is 3. The van der Waals surface area contributed by atoms with E-state index in [4.69, 9.17) is 14.5 Å². The highest BCUT2D eigenvalue weighted by Gasteiger charge is 2.22. The maximum atomic E-state index is 11.6. The molecule has 1 aliphatic rings. The lowest BCUT2D eigenvalue weighted by molar-refractivity contribution is 0.0170. The summed E-state index contributed by atoms with van der Waals surface area (Å²) in [5, 5.41) is 10.2. The highest BCUT2D eigenvalue weighted by molar-refractivity contribution is 5.80. The van der Waals surface area contributed by atoms with Crippen molar-refractivity contribution in [2.24, 2.45) is 12.0 Å².